The summed E-state index contributed by atoms with van der Waals surface area (Å²) in [6.45, 7) is 11.2. The molecule has 3 nitrogen and oxygen atoms in total. The lowest BCUT2D eigenvalue weighted by molar-refractivity contribution is 0.410. The summed E-state index contributed by atoms with van der Waals surface area (Å²) in [6, 6.07) is 9.28. The minimum Gasteiger partial charge on any atom is -0.306 e. The molecule has 3 heteroatoms. The highest BCUT2D eigenvalue weighted by Gasteiger charge is 2.15. The van der Waals surface area contributed by atoms with Crippen molar-refractivity contribution in [3.05, 3.63) is 59.9 Å². The molecular weight excluding hydrogens is 258 g/mol. The Bertz CT molecular complexity index is 566. The van der Waals surface area contributed by atoms with Crippen LogP contribution >= 0.6 is 0 Å². The van der Waals surface area contributed by atoms with Crippen LogP contribution in [0.3, 0.4) is 0 Å². The van der Waals surface area contributed by atoms with Gasteiger partial charge < -0.3 is 5.32 Å². The normalized spacial score (nSPS) is 12.6. The lowest BCUT2D eigenvalue weighted by atomic mass is 9.95. The van der Waals surface area contributed by atoms with Crippen LogP contribution in [-0.4, -0.2) is 9.78 Å². The van der Waals surface area contributed by atoms with Crippen LogP contribution in [0.4, 0.5) is 0 Å². The van der Waals surface area contributed by atoms with E-state index in [1.165, 1.54) is 16.7 Å². The first-order chi connectivity index (χ1) is 10.1. The fourth-order valence-electron chi connectivity index (χ4n) is 2.50. The van der Waals surface area contributed by atoms with E-state index in [1.807, 2.05) is 12.4 Å². The molecule has 2 aromatic rings. The maximum Gasteiger partial charge on any atom is 0.0538 e. The van der Waals surface area contributed by atoms with E-state index < -0.39 is 0 Å². The molecule has 21 heavy (non-hydrogen) atoms. The molecule has 0 aliphatic rings. The zero-order valence-electron chi connectivity index (χ0n) is 13.2. The van der Waals surface area contributed by atoms with E-state index >= 15 is 0 Å². The Morgan fingerprint density at radius 3 is 2.48 bits per heavy atom. The maximum absolute atomic E-state index is 4.21. The first kappa shape index (κ1) is 15.5. The highest BCUT2D eigenvalue weighted by molar-refractivity contribution is 5.26. The van der Waals surface area contributed by atoms with Crippen molar-refractivity contribution in [2.24, 2.45) is 5.92 Å². The van der Waals surface area contributed by atoms with Crippen molar-refractivity contribution in [2.75, 3.05) is 0 Å². The fourth-order valence-corrected chi connectivity index (χ4v) is 2.50. The second-order valence-electron chi connectivity index (χ2n) is 5.71. The van der Waals surface area contributed by atoms with Crippen LogP contribution in [0, 0.1) is 5.92 Å². The van der Waals surface area contributed by atoms with Crippen LogP contribution in [0.25, 0.3) is 6.20 Å². The minimum absolute atomic E-state index is 0.350. The summed E-state index contributed by atoms with van der Waals surface area (Å²) in [4.78, 5) is 0. The standard InChI is InChI=1S/C18H25N3/c1-5-15-7-9-17(10-8-15)18(14(3)4)19-11-16-12-20-21(6-2)13-16/h6-10,12-14,18-19H,2,5,11H2,1,3-4H3. The van der Waals surface area contributed by atoms with Gasteiger partial charge in [-0.05, 0) is 23.5 Å². The van der Waals surface area contributed by atoms with Gasteiger partial charge in [0.15, 0.2) is 0 Å². The number of rotatable bonds is 7. The van der Waals surface area contributed by atoms with Crippen LogP contribution in [0.15, 0.2) is 43.2 Å². The molecule has 112 valence electrons. The second-order valence-corrected chi connectivity index (χ2v) is 5.71. The molecule has 0 amide bonds. The van der Waals surface area contributed by atoms with Crippen molar-refractivity contribution in [3.8, 4) is 0 Å². The lowest BCUT2D eigenvalue weighted by Crippen LogP contribution is -2.25. The van der Waals surface area contributed by atoms with E-state index in [0.717, 1.165) is 13.0 Å². The Labute approximate surface area is 127 Å². The lowest BCUT2D eigenvalue weighted by Gasteiger charge is -2.23. The molecule has 1 atom stereocenters. The van der Waals surface area contributed by atoms with Gasteiger partial charge in [-0.3, -0.25) is 0 Å². The smallest absolute Gasteiger partial charge is 0.0538 e. The maximum atomic E-state index is 4.21. The molecule has 0 bridgehead atoms. The SMILES string of the molecule is C=Cn1cc(CNC(c2ccc(CC)cc2)C(C)C)cn1. The molecule has 1 N–H and O–H groups in total. The Morgan fingerprint density at radius 2 is 1.95 bits per heavy atom. The zero-order chi connectivity index (χ0) is 15.2. The Hall–Kier alpha value is -1.87. The summed E-state index contributed by atoms with van der Waals surface area (Å²) in [5, 5.41) is 7.85. The van der Waals surface area contributed by atoms with E-state index in [2.05, 4.69) is 62.0 Å². The summed E-state index contributed by atoms with van der Waals surface area (Å²) in [6.07, 6.45) is 6.66. The van der Waals surface area contributed by atoms with Gasteiger partial charge in [0.1, 0.15) is 0 Å². The molecule has 1 unspecified atom stereocenters. The van der Waals surface area contributed by atoms with E-state index in [4.69, 9.17) is 0 Å². The molecular formula is C18H25N3. The van der Waals surface area contributed by atoms with Gasteiger partial charge >= 0.3 is 0 Å². The van der Waals surface area contributed by atoms with Crippen LogP contribution in [-0.2, 0) is 13.0 Å². The van der Waals surface area contributed by atoms with Gasteiger partial charge in [-0.25, -0.2) is 4.68 Å². The quantitative estimate of drug-likeness (QED) is 0.831. The average molecular weight is 283 g/mol. The minimum atomic E-state index is 0.350. The highest BCUT2D eigenvalue weighted by Crippen LogP contribution is 2.22. The van der Waals surface area contributed by atoms with Crippen molar-refractivity contribution in [1.82, 2.24) is 15.1 Å². The summed E-state index contributed by atoms with van der Waals surface area (Å²) in [7, 11) is 0. The van der Waals surface area contributed by atoms with Gasteiger partial charge in [0.25, 0.3) is 0 Å². The number of nitrogens with zero attached hydrogens (tertiary/aromatic N) is 2. The first-order valence-electron chi connectivity index (χ1n) is 7.61. The third kappa shape index (κ3) is 4.05. The predicted molar refractivity (Wildman–Crippen MR) is 88.9 cm³/mol. The Balaban J connectivity index is 2.05. The Kier molecular flexibility index (Phi) is 5.34. The molecule has 0 fully saturated rings. The molecule has 0 aliphatic heterocycles. The average Bonchev–Trinajstić information content (AvgIpc) is 2.96. The summed E-state index contributed by atoms with van der Waals surface area (Å²) < 4.78 is 1.73. The van der Waals surface area contributed by atoms with Crippen LogP contribution in [0.2, 0.25) is 0 Å². The van der Waals surface area contributed by atoms with Crippen molar-refractivity contribution in [1.29, 1.82) is 0 Å². The second kappa shape index (κ2) is 7.23. The van der Waals surface area contributed by atoms with Crippen molar-refractivity contribution < 1.29 is 0 Å². The van der Waals surface area contributed by atoms with Gasteiger partial charge in [-0.15, -0.1) is 0 Å². The van der Waals surface area contributed by atoms with Crippen LogP contribution in [0.1, 0.15) is 43.5 Å². The topological polar surface area (TPSA) is 29.9 Å². The van der Waals surface area contributed by atoms with Crippen molar-refractivity contribution in [3.63, 3.8) is 0 Å². The summed E-state index contributed by atoms with van der Waals surface area (Å²) >= 11 is 0. The van der Waals surface area contributed by atoms with Crippen molar-refractivity contribution in [2.45, 2.75) is 39.8 Å². The molecule has 1 heterocycles. The monoisotopic (exact) mass is 283 g/mol. The highest BCUT2D eigenvalue weighted by atomic mass is 15.2. The number of hydrogen-bond acceptors (Lipinski definition) is 2. The summed E-state index contributed by atoms with van der Waals surface area (Å²) in [5.74, 6) is 0.534. The number of aryl methyl sites for hydroxylation is 1. The number of nitrogens with one attached hydrogen (secondary N) is 1. The van der Waals surface area contributed by atoms with Gasteiger partial charge in [-0.1, -0.05) is 51.6 Å². The molecule has 0 saturated carbocycles. The van der Waals surface area contributed by atoms with Gasteiger partial charge in [0, 0.05) is 30.5 Å². The number of benzene rings is 1. The molecule has 2 rings (SSSR count). The van der Waals surface area contributed by atoms with Gasteiger partial charge in [-0.2, -0.15) is 5.10 Å². The molecule has 1 aromatic heterocycles. The molecule has 0 radical (unpaired) electrons. The van der Waals surface area contributed by atoms with E-state index in [-0.39, 0.29) is 0 Å². The third-order valence-electron chi connectivity index (χ3n) is 3.78. The van der Waals surface area contributed by atoms with Crippen molar-refractivity contribution >= 4 is 6.20 Å². The number of hydrogen-bond donors (Lipinski definition) is 1. The molecule has 0 saturated heterocycles. The van der Waals surface area contributed by atoms with Crippen LogP contribution in [0.5, 0.6) is 0 Å². The van der Waals surface area contributed by atoms with Gasteiger partial charge in [0.2, 0.25) is 0 Å². The van der Waals surface area contributed by atoms with E-state index in [9.17, 15) is 0 Å². The largest absolute Gasteiger partial charge is 0.306 e. The van der Waals surface area contributed by atoms with E-state index in [1.54, 1.807) is 10.9 Å². The molecule has 0 spiro atoms. The van der Waals surface area contributed by atoms with E-state index in [0.29, 0.717) is 12.0 Å². The predicted octanol–water partition coefficient (Wildman–Crippen LogP) is 4.03. The molecule has 1 aromatic carbocycles. The molecule has 0 aliphatic carbocycles. The zero-order valence-corrected chi connectivity index (χ0v) is 13.2. The summed E-state index contributed by atoms with van der Waals surface area (Å²) in [5.41, 5.74) is 3.90. The van der Waals surface area contributed by atoms with Crippen LogP contribution < -0.4 is 5.32 Å². The van der Waals surface area contributed by atoms with Gasteiger partial charge in [0.05, 0.1) is 6.20 Å². The fraction of sp³-hybridized carbons (Fsp3) is 0.389. The third-order valence-corrected chi connectivity index (χ3v) is 3.78. The first-order valence-corrected chi connectivity index (χ1v) is 7.61. The Morgan fingerprint density at radius 1 is 1.24 bits per heavy atom. The number of aromatic nitrogens is 2.